The van der Waals surface area contributed by atoms with E-state index in [1.807, 2.05) is 13.0 Å². The molecule has 0 fully saturated rings. The van der Waals surface area contributed by atoms with Crippen LogP contribution in [-0.4, -0.2) is 17.4 Å². The van der Waals surface area contributed by atoms with Crippen molar-refractivity contribution in [3.05, 3.63) is 68.2 Å². The minimum Gasteiger partial charge on any atom is -0.477 e. The first kappa shape index (κ1) is 19.2. The number of rotatable bonds is 6. The molecular formula is C20H21ClN2O4. The molecule has 0 saturated carbocycles. The zero-order valence-electron chi connectivity index (χ0n) is 15.0. The summed E-state index contributed by atoms with van der Waals surface area (Å²) in [5.41, 5.74) is 3.52. The average Bonchev–Trinajstić information content (AvgIpc) is 2.66. The Balaban J connectivity index is 1.60. The van der Waals surface area contributed by atoms with E-state index in [9.17, 15) is 14.9 Å². The van der Waals surface area contributed by atoms with Crippen LogP contribution in [0.1, 0.15) is 42.5 Å². The predicted molar refractivity (Wildman–Crippen MR) is 103 cm³/mol. The fourth-order valence-corrected chi connectivity index (χ4v) is 3.45. The molecule has 2 aromatic rings. The number of halogens is 1. The van der Waals surface area contributed by atoms with E-state index in [1.54, 1.807) is 0 Å². The summed E-state index contributed by atoms with van der Waals surface area (Å²) in [7, 11) is 0. The van der Waals surface area contributed by atoms with E-state index in [0.717, 1.165) is 18.4 Å². The molecule has 7 heteroatoms. The van der Waals surface area contributed by atoms with Crippen LogP contribution in [0.5, 0.6) is 5.75 Å². The highest BCUT2D eigenvalue weighted by Gasteiger charge is 2.18. The fraction of sp³-hybridized carbons (Fsp3) is 0.350. The molecule has 1 atom stereocenters. The second-order valence-corrected chi connectivity index (χ2v) is 7.12. The number of amides is 1. The summed E-state index contributed by atoms with van der Waals surface area (Å²) in [5, 5.41) is 14.2. The van der Waals surface area contributed by atoms with Crippen molar-refractivity contribution in [1.29, 1.82) is 0 Å². The molecule has 1 amide bonds. The number of fused-ring (bicyclic) bond motifs is 1. The van der Waals surface area contributed by atoms with Crippen LogP contribution in [0.4, 0.5) is 5.69 Å². The van der Waals surface area contributed by atoms with Crippen LogP contribution in [0.15, 0.2) is 36.4 Å². The maximum absolute atomic E-state index is 12.2. The molecule has 3 rings (SSSR count). The number of carbonyl (C=O) groups is 1. The van der Waals surface area contributed by atoms with Gasteiger partial charge >= 0.3 is 5.69 Å². The lowest BCUT2D eigenvalue weighted by Crippen LogP contribution is -2.31. The van der Waals surface area contributed by atoms with Gasteiger partial charge in [0.1, 0.15) is 0 Å². The molecule has 0 aromatic heterocycles. The Morgan fingerprint density at radius 1 is 1.22 bits per heavy atom. The van der Waals surface area contributed by atoms with Crippen molar-refractivity contribution in [2.24, 2.45) is 0 Å². The second kappa shape index (κ2) is 8.39. The van der Waals surface area contributed by atoms with Gasteiger partial charge in [-0.25, -0.2) is 0 Å². The van der Waals surface area contributed by atoms with Gasteiger partial charge in [0.15, 0.2) is 12.4 Å². The third-order valence-electron chi connectivity index (χ3n) is 4.73. The van der Waals surface area contributed by atoms with Gasteiger partial charge in [-0.3, -0.25) is 14.9 Å². The Labute approximate surface area is 162 Å². The van der Waals surface area contributed by atoms with Crippen molar-refractivity contribution in [2.45, 2.75) is 38.6 Å². The van der Waals surface area contributed by atoms with Crippen molar-refractivity contribution < 1.29 is 14.5 Å². The van der Waals surface area contributed by atoms with E-state index in [-0.39, 0.29) is 35.0 Å². The largest absolute Gasteiger partial charge is 0.477 e. The molecule has 0 aliphatic heterocycles. The summed E-state index contributed by atoms with van der Waals surface area (Å²) in [6, 6.07) is 10.2. The first-order valence-corrected chi connectivity index (χ1v) is 9.29. The van der Waals surface area contributed by atoms with E-state index in [2.05, 4.69) is 17.4 Å². The molecule has 0 bridgehead atoms. The van der Waals surface area contributed by atoms with Gasteiger partial charge in [-0.2, -0.15) is 0 Å². The molecule has 0 unspecified atom stereocenters. The highest BCUT2D eigenvalue weighted by molar-refractivity contribution is 6.30. The Hall–Kier alpha value is -2.60. The van der Waals surface area contributed by atoms with Crippen molar-refractivity contribution >= 4 is 23.2 Å². The molecule has 6 nitrogen and oxygen atoms in total. The van der Waals surface area contributed by atoms with Crippen molar-refractivity contribution in [3.63, 3.8) is 0 Å². The first-order valence-electron chi connectivity index (χ1n) is 8.92. The third-order valence-corrected chi connectivity index (χ3v) is 4.96. The summed E-state index contributed by atoms with van der Waals surface area (Å²) in [6.07, 6.45) is 4.62. The standard InChI is InChI=1S/C20H21ClN2O4/c1-13(15-7-6-14-4-2-3-5-16(14)10-15)22-20(24)12-27-19-9-8-17(21)11-18(19)23(25)26/h6-11,13H,2-5,12H2,1H3,(H,22,24)/t13-/m1/s1. The monoisotopic (exact) mass is 388 g/mol. The van der Waals surface area contributed by atoms with Gasteiger partial charge in [0, 0.05) is 11.1 Å². The number of carbonyl (C=O) groups excluding carboxylic acids is 1. The summed E-state index contributed by atoms with van der Waals surface area (Å²) < 4.78 is 5.33. The van der Waals surface area contributed by atoms with Crippen molar-refractivity contribution in [3.8, 4) is 5.75 Å². The third kappa shape index (κ3) is 4.77. The number of aryl methyl sites for hydroxylation is 2. The number of hydrogen-bond acceptors (Lipinski definition) is 4. The maximum Gasteiger partial charge on any atom is 0.312 e. The zero-order chi connectivity index (χ0) is 19.4. The number of nitro groups is 1. The molecule has 142 valence electrons. The molecule has 0 heterocycles. The summed E-state index contributed by atoms with van der Waals surface area (Å²) in [6.45, 7) is 1.60. The number of ether oxygens (including phenoxy) is 1. The van der Waals surface area contributed by atoms with E-state index in [0.29, 0.717) is 0 Å². The smallest absolute Gasteiger partial charge is 0.312 e. The second-order valence-electron chi connectivity index (χ2n) is 6.68. The SMILES string of the molecule is C[C@@H](NC(=O)COc1ccc(Cl)cc1[N+](=O)[O-])c1ccc2c(c1)CCCC2. The van der Waals surface area contributed by atoms with Crippen LogP contribution in [0.2, 0.25) is 5.02 Å². The summed E-state index contributed by atoms with van der Waals surface area (Å²) in [5.74, 6) is -0.328. The van der Waals surface area contributed by atoms with E-state index < -0.39 is 4.92 Å². The normalized spacial score (nSPS) is 14.1. The summed E-state index contributed by atoms with van der Waals surface area (Å²) in [4.78, 5) is 22.7. The van der Waals surface area contributed by atoms with Crippen LogP contribution in [-0.2, 0) is 17.6 Å². The predicted octanol–water partition coefficient (Wildman–Crippen LogP) is 4.38. The van der Waals surface area contributed by atoms with Gasteiger partial charge in [-0.15, -0.1) is 0 Å². The Bertz CT molecular complexity index is 869. The lowest BCUT2D eigenvalue weighted by Gasteiger charge is -2.20. The number of nitro benzene ring substituents is 1. The molecule has 1 N–H and O–H groups in total. The molecule has 0 radical (unpaired) electrons. The van der Waals surface area contributed by atoms with E-state index in [1.165, 1.54) is 42.2 Å². The number of hydrogen-bond donors (Lipinski definition) is 1. The van der Waals surface area contributed by atoms with Crippen molar-refractivity contribution in [1.82, 2.24) is 5.32 Å². The van der Waals surface area contributed by atoms with Crippen LogP contribution in [0.3, 0.4) is 0 Å². The number of nitrogens with one attached hydrogen (secondary N) is 1. The molecule has 0 saturated heterocycles. The molecular weight excluding hydrogens is 368 g/mol. The fourth-order valence-electron chi connectivity index (χ4n) is 3.29. The topological polar surface area (TPSA) is 81.5 Å². The highest BCUT2D eigenvalue weighted by atomic mass is 35.5. The van der Waals surface area contributed by atoms with Gasteiger partial charge in [0.2, 0.25) is 0 Å². The number of nitrogens with zero attached hydrogens (tertiary/aromatic N) is 1. The van der Waals surface area contributed by atoms with E-state index in [4.69, 9.17) is 16.3 Å². The zero-order valence-corrected chi connectivity index (χ0v) is 15.8. The Morgan fingerprint density at radius 2 is 1.96 bits per heavy atom. The molecule has 1 aliphatic rings. The van der Waals surface area contributed by atoms with Crippen molar-refractivity contribution in [2.75, 3.05) is 6.61 Å². The number of benzene rings is 2. The minimum absolute atomic E-state index is 0.0148. The average molecular weight is 389 g/mol. The molecule has 1 aliphatic carbocycles. The van der Waals surface area contributed by atoms with Gasteiger partial charge in [0.05, 0.1) is 11.0 Å². The van der Waals surface area contributed by atoms with Crippen LogP contribution < -0.4 is 10.1 Å². The minimum atomic E-state index is -0.588. The van der Waals surface area contributed by atoms with Crippen LogP contribution in [0.25, 0.3) is 0 Å². The van der Waals surface area contributed by atoms with Gasteiger partial charge in [0.25, 0.3) is 5.91 Å². The molecule has 2 aromatic carbocycles. The van der Waals surface area contributed by atoms with Gasteiger partial charge in [-0.1, -0.05) is 29.8 Å². The highest BCUT2D eigenvalue weighted by Crippen LogP contribution is 2.30. The van der Waals surface area contributed by atoms with Crippen LogP contribution in [0, 0.1) is 10.1 Å². The lowest BCUT2D eigenvalue weighted by molar-refractivity contribution is -0.385. The van der Waals surface area contributed by atoms with Gasteiger partial charge in [-0.05, 0) is 61.4 Å². The van der Waals surface area contributed by atoms with E-state index >= 15 is 0 Å². The maximum atomic E-state index is 12.2. The van der Waals surface area contributed by atoms with Crippen LogP contribution >= 0.6 is 11.6 Å². The Morgan fingerprint density at radius 3 is 2.70 bits per heavy atom. The first-order chi connectivity index (χ1) is 12.9. The lowest BCUT2D eigenvalue weighted by atomic mass is 9.89. The quantitative estimate of drug-likeness (QED) is 0.588. The molecule has 0 spiro atoms. The van der Waals surface area contributed by atoms with Gasteiger partial charge < -0.3 is 10.1 Å². The molecule has 27 heavy (non-hydrogen) atoms. The summed E-state index contributed by atoms with van der Waals surface area (Å²) >= 11 is 5.77. The Kier molecular flexibility index (Phi) is 5.96.